The summed E-state index contributed by atoms with van der Waals surface area (Å²) >= 11 is 0. The van der Waals surface area contributed by atoms with Crippen molar-refractivity contribution in [1.29, 1.82) is 0 Å². The zero-order valence-electron chi connectivity index (χ0n) is 12.5. The van der Waals surface area contributed by atoms with E-state index in [-0.39, 0.29) is 11.8 Å². The highest BCUT2D eigenvalue weighted by Gasteiger charge is 2.22. The van der Waals surface area contributed by atoms with Gasteiger partial charge >= 0.3 is 0 Å². The predicted octanol–water partition coefficient (Wildman–Crippen LogP) is 1.22. The van der Waals surface area contributed by atoms with Crippen LogP contribution in [0.15, 0.2) is 30.6 Å². The molecule has 0 fully saturated rings. The second kappa shape index (κ2) is 6.39. The molecule has 0 saturated heterocycles. The maximum Gasteiger partial charge on any atom is 0.272 e. The third-order valence-corrected chi connectivity index (χ3v) is 3.17. The Bertz CT molecular complexity index is 615. The van der Waals surface area contributed by atoms with Crippen LogP contribution in [-0.2, 0) is 4.79 Å². The maximum atomic E-state index is 12.3. The number of nitrogens with one attached hydrogen (secondary N) is 2. The van der Waals surface area contributed by atoms with Crippen molar-refractivity contribution in [2.75, 3.05) is 7.05 Å². The first-order valence-corrected chi connectivity index (χ1v) is 6.97. The third-order valence-electron chi connectivity index (χ3n) is 3.17. The highest BCUT2D eigenvalue weighted by molar-refractivity contribution is 5.96. The molecule has 6 nitrogen and oxygen atoms in total. The number of hydrogen-bond acceptors (Lipinski definition) is 3. The molecule has 0 spiro atoms. The largest absolute Gasteiger partial charge is 0.357 e. The third kappa shape index (κ3) is 3.59. The Balaban J connectivity index is 2.15. The number of amides is 2. The highest BCUT2D eigenvalue weighted by Crippen LogP contribution is 2.08. The van der Waals surface area contributed by atoms with Crippen molar-refractivity contribution in [3.8, 4) is 0 Å². The second-order valence-corrected chi connectivity index (χ2v) is 5.36. The predicted molar refractivity (Wildman–Crippen MR) is 80.0 cm³/mol. The molecule has 0 aliphatic carbocycles. The van der Waals surface area contributed by atoms with Crippen LogP contribution in [0.5, 0.6) is 0 Å². The summed E-state index contributed by atoms with van der Waals surface area (Å²) in [5.74, 6) is -0.234. The molecular formula is C15H20N4O2. The average Bonchev–Trinajstić information content (AvgIpc) is 2.89. The highest BCUT2D eigenvalue weighted by atomic mass is 16.2. The molecule has 2 rings (SSSR count). The molecular weight excluding hydrogens is 268 g/mol. The van der Waals surface area contributed by atoms with Crippen LogP contribution >= 0.6 is 0 Å². The van der Waals surface area contributed by atoms with Gasteiger partial charge in [-0.05, 0) is 24.5 Å². The molecule has 2 aromatic rings. The van der Waals surface area contributed by atoms with Crippen LogP contribution in [-0.4, -0.2) is 34.3 Å². The monoisotopic (exact) mass is 288 g/mol. The lowest BCUT2D eigenvalue weighted by atomic mass is 10.0. The molecule has 0 aliphatic heterocycles. The quantitative estimate of drug-likeness (QED) is 0.868. The smallest absolute Gasteiger partial charge is 0.272 e. The first kappa shape index (κ1) is 15.0. The minimum atomic E-state index is -0.549. The maximum absolute atomic E-state index is 12.3. The van der Waals surface area contributed by atoms with Crippen LogP contribution in [0.2, 0.25) is 0 Å². The summed E-state index contributed by atoms with van der Waals surface area (Å²) in [7, 11) is 1.56. The minimum Gasteiger partial charge on any atom is -0.357 e. The minimum absolute atomic E-state index is 0.194. The Morgan fingerprint density at radius 2 is 2.10 bits per heavy atom. The Labute approximate surface area is 123 Å². The van der Waals surface area contributed by atoms with Gasteiger partial charge in [-0.2, -0.15) is 0 Å². The van der Waals surface area contributed by atoms with Crippen LogP contribution in [0.4, 0.5) is 0 Å². The fourth-order valence-electron chi connectivity index (χ4n) is 2.15. The molecule has 6 heteroatoms. The van der Waals surface area contributed by atoms with Crippen molar-refractivity contribution in [3.63, 3.8) is 0 Å². The summed E-state index contributed by atoms with van der Waals surface area (Å²) in [6.45, 7) is 4.01. The molecule has 0 aliphatic rings. The number of carbonyl (C=O) groups is 2. The summed E-state index contributed by atoms with van der Waals surface area (Å²) < 4.78 is 1.77. The standard InChI is InChI=1S/C15H20N4O2/c1-10(2)8-11(14(20)16-3)18-15(21)12-9-19-7-5-4-6-13(19)17-12/h4-7,9-11H,8H2,1-3H3,(H,16,20)(H,18,21)/t11-/m1/s1. The molecule has 1 atom stereocenters. The topological polar surface area (TPSA) is 75.5 Å². The van der Waals surface area contributed by atoms with E-state index in [1.54, 1.807) is 17.6 Å². The molecule has 0 saturated carbocycles. The molecule has 2 aromatic heterocycles. The molecule has 2 N–H and O–H groups in total. The molecule has 0 unspecified atom stereocenters. The number of aromatic nitrogens is 2. The van der Waals surface area contributed by atoms with Crippen molar-refractivity contribution < 1.29 is 9.59 Å². The van der Waals surface area contributed by atoms with Gasteiger partial charge in [0, 0.05) is 19.4 Å². The van der Waals surface area contributed by atoms with Gasteiger partial charge in [-0.3, -0.25) is 9.59 Å². The number of carbonyl (C=O) groups excluding carboxylic acids is 2. The summed E-state index contributed by atoms with van der Waals surface area (Å²) in [5.41, 5.74) is 1.00. The van der Waals surface area contributed by atoms with E-state index in [1.807, 2.05) is 38.2 Å². The molecule has 0 aromatic carbocycles. The fourth-order valence-corrected chi connectivity index (χ4v) is 2.15. The molecule has 0 radical (unpaired) electrons. The molecule has 2 heterocycles. The van der Waals surface area contributed by atoms with Crippen molar-refractivity contribution in [2.45, 2.75) is 26.3 Å². The van der Waals surface area contributed by atoms with Crippen molar-refractivity contribution in [3.05, 3.63) is 36.3 Å². The number of hydrogen-bond donors (Lipinski definition) is 2. The van der Waals surface area contributed by atoms with Gasteiger partial charge in [0.2, 0.25) is 5.91 Å². The fraction of sp³-hybridized carbons (Fsp3) is 0.400. The average molecular weight is 288 g/mol. The molecule has 2 amide bonds. The number of fused-ring (bicyclic) bond motifs is 1. The van der Waals surface area contributed by atoms with Crippen molar-refractivity contribution >= 4 is 17.5 Å². The summed E-state index contributed by atoms with van der Waals surface area (Å²) in [6, 6.07) is 4.99. The van der Waals surface area contributed by atoms with Gasteiger partial charge in [-0.1, -0.05) is 19.9 Å². The van der Waals surface area contributed by atoms with E-state index in [2.05, 4.69) is 15.6 Å². The molecule has 21 heavy (non-hydrogen) atoms. The van der Waals surface area contributed by atoms with E-state index in [9.17, 15) is 9.59 Å². The number of imidazole rings is 1. The lowest BCUT2D eigenvalue weighted by molar-refractivity contribution is -0.122. The number of nitrogens with zero attached hydrogens (tertiary/aromatic N) is 2. The van der Waals surface area contributed by atoms with E-state index in [4.69, 9.17) is 0 Å². The van der Waals surface area contributed by atoms with Gasteiger partial charge in [0.15, 0.2) is 0 Å². The van der Waals surface area contributed by atoms with Crippen LogP contribution in [0, 0.1) is 5.92 Å². The van der Waals surface area contributed by atoms with E-state index < -0.39 is 6.04 Å². The zero-order valence-corrected chi connectivity index (χ0v) is 12.5. The Morgan fingerprint density at radius 3 is 2.71 bits per heavy atom. The normalized spacial score (nSPS) is 12.4. The van der Waals surface area contributed by atoms with E-state index >= 15 is 0 Å². The van der Waals surface area contributed by atoms with Crippen LogP contribution in [0.25, 0.3) is 5.65 Å². The van der Waals surface area contributed by atoms with Crippen LogP contribution in [0.1, 0.15) is 30.8 Å². The van der Waals surface area contributed by atoms with Crippen LogP contribution in [0.3, 0.4) is 0 Å². The van der Waals surface area contributed by atoms with Crippen LogP contribution < -0.4 is 10.6 Å². The van der Waals surface area contributed by atoms with Gasteiger partial charge in [0.05, 0.1) is 0 Å². The Morgan fingerprint density at radius 1 is 1.33 bits per heavy atom. The first-order valence-electron chi connectivity index (χ1n) is 6.97. The zero-order chi connectivity index (χ0) is 15.4. The van der Waals surface area contributed by atoms with Crippen molar-refractivity contribution in [2.24, 2.45) is 5.92 Å². The molecule has 0 bridgehead atoms. The summed E-state index contributed by atoms with van der Waals surface area (Å²) in [6.07, 6.45) is 4.06. The lowest BCUT2D eigenvalue weighted by Crippen LogP contribution is -2.46. The Hall–Kier alpha value is -2.37. The summed E-state index contributed by atoms with van der Waals surface area (Å²) in [4.78, 5) is 28.3. The lowest BCUT2D eigenvalue weighted by Gasteiger charge is -2.18. The second-order valence-electron chi connectivity index (χ2n) is 5.36. The van der Waals surface area contributed by atoms with E-state index in [0.29, 0.717) is 23.7 Å². The van der Waals surface area contributed by atoms with Gasteiger partial charge in [0.25, 0.3) is 5.91 Å². The van der Waals surface area contributed by atoms with E-state index in [0.717, 1.165) is 0 Å². The van der Waals surface area contributed by atoms with Gasteiger partial charge < -0.3 is 15.0 Å². The van der Waals surface area contributed by atoms with E-state index in [1.165, 1.54) is 0 Å². The van der Waals surface area contributed by atoms with Gasteiger partial charge in [0.1, 0.15) is 17.4 Å². The summed E-state index contributed by atoms with van der Waals surface area (Å²) in [5, 5.41) is 5.32. The molecule has 112 valence electrons. The number of likely N-dealkylation sites (N-methyl/N-ethyl adjacent to an activating group) is 1. The number of pyridine rings is 1. The number of rotatable bonds is 5. The van der Waals surface area contributed by atoms with Gasteiger partial charge in [-0.25, -0.2) is 4.98 Å². The first-order chi connectivity index (χ1) is 10.0. The Kier molecular flexibility index (Phi) is 4.57. The van der Waals surface area contributed by atoms with Gasteiger partial charge in [-0.15, -0.1) is 0 Å². The van der Waals surface area contributed by atoms with Crippen molar-refractivity contribution in [1.82, 2.24) is 20.0 Å². The SMILES string of the molecule is CNC(=O)[C@@H](CC(C)C)NC(=O)c1cn2ccccc2n1.